The predicted molar refractivity (Wildman–Crippen MR) is 273 cm³/mol. The zero-order chi connectivity index (χ0) is 42.2. The molecule has 0 nitrogen and oxygen atoms in total. The van der Waals surface area contributed by atoms with E-state index >= 15 is 0 Å². The average Bonchev–Trinajstić information content (AvgIpc) is 3.96. The molecule has 0 amide bonds. The molecule has 5 radical (unpaired) electrons. The van der Waals surface area contributed by atoms with E-state index in [-0.39, 0.29) is 0 Å². The van der Waals surface area contributed by atoms with Crippen LogP contribution >= 0.6 is 41.4 Å². The van der Waals surface area contributed by atoms with Crippen LogP contribution in [0.3, 0.4) is 0 Å². The molecule has 0 aliphatic heterocycles. The summed E-state index contributed by atoms with van der Waals surface area (Å²) in [5.74, 6) is 2.35. The van der Waals surface area contributed by atoms with Crippen LogP contribution in [0, 0.1) is 32.1 Å². The largest absolute Gasteiger partial charge is 0.0622 e. The summed E-state index contributed by atoms with van der Waals surface area (Å²) in [6.45, 7) is 0. The summed E-state index contributed by atoms with van der Waals surface area (Å²) < 4.78 is 0. The van der Waals surface area contributed by atoms with Crippen molar-refractivity contribution in [3.05, 3.63) is 275 Å². The Morgan fingerprint density at radius 3 is 0.443 bits per heavy atom. The van der Waals surface area contributed by atoms with Crippen molar-refractivity contribution in [2.45, 2.75) is 0 Å². The van der Waals surface area contributed by atoms with Gasteiger partial charge in [-0.2, -0.15) is 0 Å². The van der Waals surface area contributed by atoms with Crippen LogP contribution < -0.4 is 42.4 Å². The van der Waals surface area contributed by atoms with E-state index in [1.54, 1.807) is 0 Å². The quantitative estimate of drug-likeness (QED) is 0.0845. The Hall–Kier alpha value is -3.61. The zero-order valence-electron chi connectivity index (χ0n) is 33.9. The standard InChI is InChI=1S/2C25H22P2.C5H5.ClH.Ru/c2*1-5-13-22(14-6-1)26(23-15-7-2-8-16-23)21-27(24-17-9-3-10-18-24)25-19-11-4-12-20-25;1-2-4-5-3-1;;/h2*1-20H,21H2;1-5H;1H;/q;;;;+1/p-1. The molecule has 0 heterocycles. The van der Waals surface area contributed by atoms with Crippen molar-refractivity contribution in [1.82, 2.24) is 0 Å². The molecular formula is C55H49ClP4Ru. The van der Waals surface area contributed by atoms with Gasteiger partial charge in [-0.3, -0.25) is 0 Å². The van der Waals surface area contributed by atoms with Crippen molar-refractivity contribution in [3.63, 3.8) is 0 Å². The molecule has 0 spiro atoms. The fraction of sp³-hybridized carbons (Fsp3) is 0.0364. The van der Waals surface area contributed by atoms with Gasteiger partial charge in [0.15, 0.2) is 0 Å². The maximum Gasteiger partial charge on any atom is 0.00405 e. The third-order valence-corrected chi connectivity index (χ3v) is 21.6. The molecule has 9 rings (SSSR count). The molecular weight excluding hydrogens is 921 g/mol. The molecule has 61 heavy (non-hydrogen) atoms. The number of rotatable bonds is 12. The van der Waals surface area contributed by atoms with Crippen molar-refractivity contribution in [1.29, 1.82) is 0 Å². The van der Waals surface area contributed by atoms with Gasteiger partial charge in [-0.15, -0.1) is 0 Å². The van der Waals surface area contributed by atoms with E-state index in [2.05, 4.69) is 252 Å². The Morgan fingerprint density at radius 1 is 0.213 bits per heavy atom. The molecule has 8 aromatic carbocycles. The summed E-state index contributed by atoms with van der Waals surface area (Å²) in [4.78, 5) is 0. The fourth-order valence-electron chi connectivity index (χ4n) is 6.72. The van der Waals surface area contributed by atoms with Crippen LogP contribution in [-0.2, 0) is 17.3 Å². The molecule has 1 fully saturated rings. The molecule has 0 bridgehead atoms. The first-order valence-corrected chi connectivity index (χ1v) is 28.5. The third kappa shape index (κ3) is 15.0. The topological polar surface area (TPSA) is 0 Å². The van der Waals surface area contributed by atoms with Gasteiger partial charge in [-0.1, -0.05) is 243 Å². The zero-order valence-corrected chi connectivity index (χ0v) is 40.0. The van der Waals surface area contributed by atoms with Crippen molar-refractivity contribution >= 4 is 83.8 Å². The van der Waals surface area contributed by atoms with Crippen LogP contribution in [0.5, 0.6) is 0 Å². The molecule has 1 saturated carbocycles. The second kappa shape index (κ2) is 27.5. The predicted octanol–water partition coefficient (Wildman–Crippen LogP) is 12.1. The van der Waals surface area contributed by atoms with Crippen molar-refractivity contribution in [2.75, 3.05) is 11.8 Å². The summed E-state index contributed by atoms with van der Waals surface area (Å²) in [5, 5.41) is 11.7. The molecule has 0 N–H and O–H groups in total. The Kier molecular flexibility index (Phi) is 21.1. The van der Waals surface area contributed by atoms with Crippen LogP contribution in [0.25, 0.3) is 0 Å². The Balaban J connectivity index is 0.000000176. The molecule has 0 unspecified atom stereocenters. The SMILES string of the molecule is [CH]1[CH][CH][CH][CH]1.[Cl][Ru].c1ccc(P(CP(c2ccccc2)c2ccccc2)c2ccccc2)cc1.c1ccc(P(CP(c2ccccc2)c2ccccc2)c2ccccc2)cc1. The smallest absolute Gasteiger partial charge is 0.00405 e. The van der Waals surface area contributed by atoms with Crippen molar-refractivity contribution < 1.29 is 17.3 Å². The third-order valence-electron chi connectivity index (χ3n) is 9.66. The number of hydrogen-bond acceptors (Lipinski definition) is 0. The van der Waals surface area contributed by atoms with E-state index in [1.165, 1.54) is 54.2 Å². The second-order valence-electron chi connectivity index (χ2n) is 13.6. The molecule has 304 valence electrons. The van der Waals surface area contributed by atoms with E-state index in [1.807, 2.05) is 49.4 Å². The van der Waals surface area contributed by atoms with E-state index in [9.17, 15) is 0 Å². The molecule has 6 heteroatoms. The first-order valence-electron chi connectivity index (χ1n) is 20.1. The summed E-state index contributed by atoms with van der Waals surface area (Å²) >= 11 is 1.82. The Bertz CT molecular complexity index is 1810. The molecule has 0 aromatic heterocycles. The molecule has 0 atom stereocenters. The maximum atomic E-state index is 4.57. The summed E-state index contributed by atoms with van der Waals surface area (Å²) in [6.07, 6.45) is 10.0. The maximum absolute atomic E-state index is 4.57. The normalized spacial score (nSPS) is 11.8. The molecule has 1 aliphatic carbocycles. The van der Waals surface area contributed by atoms with Crippen LogP contribution in [-0.4, -0.2) is 11.8 Å². The number of benzene rings is 8. The average molecular weight is 970 g/mol. The second-order valence-corrected chi connectivity index (χ2v) is 23.5. The van der Waals surface area contributed by atoms with Gasteiger partial charge in [-0.05, 0) is 106 Å². The van der Waals surface area contributed by atoms with Crippen LogP contribution in [0.4, 0.5) is 0 Å². The summed E-state index contributed by atoms with van der Waals surface area (Å²) in [5.41, 5.74) is 0. The summed E-state index contributed by atoms with van der Waals surface area (Å²) in [6, 6.07) is 88.3. The summed E-state index contributed by atoms with van der Waals surface area (Å²) in [7, 11) is 2.93. The van der Waals surface area contributed by atoms with Gasteiger partial charge in [0, 0.05) is 11.8 Å². The molecule has 8 aromatic rings. The van der Waals surface area contributed by atoms with Crippen LogP contribution in [0.1, 0.15) is 0 Å². The van der Waals surface area contributed by atoms with E-state index in [0.29, 0.717) is 0 Å². The monoisotopic (exact) mass is 970 g/mol. The fourth-order valence-corrected chi connectivity index (χ4v) is 19.7. The van der Waals surface area contributed by atoms with Gasteiger partial charge in [0.1, 0.15) is 0 Å². The molecule has 1 aliphatic rings. The van der Waals surface area contributed by atoms with E-state index in [4.69, 9.17) is 0 Å². The van der Waals surface area contributed by atoms with E-state index < -0.39 is 31.7 Å². The van der Waals surface area contributed by atoms with Gasteiger partial charge in [0.05, 0.1) is 0 Å². The van der Waals surface area contributed by atoms with Crippen LogP contribution in [0.15, 0.2) is 243 Å². The molecule has 0 saturated heterocycles. The first kappa shape index (κ1) is 46.9. The van der Waals surface area contributed by atoms with Gasteiger partial charge in [-0.25, -0.2) is 0 Å². The first-order chi connectivity index (χ1) is 30.3. The number of halogens is 1. The van der Waals surface area contributed by atoms with Gasteiger partial charge in [0.25, 0.3) is 0 Å². The number of hydrogen-bond donors (Lipinski definition) is 0. The Morgan fingerprint density at radius 2 is 0.328 bits per heavy atom. The van der Waals surface area contributed by atoms with Crippen molar-refractivity contribution in [3.8, 4) is 0 Å². The minimum Gasteiger partial charge on any atom is -0.0622 e. The minimum atomic E-state index is -0.409. The van der Waals surface area contributed by atoms with Crippen molar-refractivity contribution in [2.24, 2.45) is 0 Å². The van der Waals surface area contributed by atoms with Gasteiger partial charge < -0.3 is 0 Å². The van der Waals surface area contributed by atoms with Gasteiger partial charge in [0.2, 0.25) is 0 Å². The minimum absolute atomic E-state index is 0.409. The van der Waals surface area contributed by atoms with E-state index in [0.717, 1.165) is 0 Å². The van der Waals surface area contributed by atoms with Crippen LogP contribution in [0.2, 0.25) is 0 Å². The Labute approximate surface area is 385 Å². The van der Waals surface area contributed by atoms with Gasteiger partial charge >= 0.3 is 27.0 Å².